The van der Waals surface area contributed by atoms with E-state index in [1.165, 1.54) is 11.6 Å². The highest BCUT2D eigenvalue weighted by atomic mass is 19.1. The molecule has 1 aromatic carbocycles. The zero-order chi connectivity index (χ0) is 12.0. The number of halogens is 1. The third-order valence-corrected chi connectivity index (χ3v) is 2.56. The zero-order valence-corrected chi connectivity index (χ0v) is 10.3. The summed E-state index contributed by atoms with van der Waals surface area (Å²) in [5, 5.41) is 3.34. The normalized spacial score (nSPS) is 12.2. The van der Waals surface area contributed by atoms with Crippen LogP contribution >= 0.6 is 0 Å². The molecule has 1 unspecified atom stereocenters. The Morgan fingerprint density at radius 3 is 2.62 bits per heavy atom. The fraction of sp³-hybridized carbons (Fsp3) is 0.429. The molecule has 1 atom stereocenters. The topological polar surface area (TPSA) is 12.0 Å². The molecule has 16 heavy (non-hydrogen) atoms. The van der Waals surface area contributed by atoms with Gasteiger partial charge in [-0.3, -0.25) is 0 Å². The van der Waals surface area contributed by atoms with Gasteiger partial charge in [0.15, 0.2) is 0 Å². The molecule has 1 nitrogen and oxygen atoms in total. The van der Waals surface area contributed by atoms with Gasteiger partial charge in [-0.25, -0.2) is 4.39 Å². The smallest absolute Gasteiger partial charge is 0.127 e. The van der Waals surface area contributed by atoms with E-state index in [0.717, 1.165) is 18.5 Å². The van der Waals surface area contributed by atoms with Gasteiger partial charge in [-0.1, -0.05) is 36.8 Å². The molecule has 1 N–H and O–H groups in total. The fourth-order valence-electron chi connectivity index (χ4n) is 1.64. The van der Waals surface area contributed by atoms with E-state index in [9.17, 15) is 4.39 Å². The van der Waals surface area contributed by atoms with Crippen molar-refractivity contribution in [2.75, 3.05) is 6.54 Å². The highest BCUT2D eigenvalue weighted by Gasteiger charge is 2.11. The summed E-state index contributed by atoms with van der Waals surface area (Å²) in [6, 6.07) is 7.06. The van der Waals surface area contributed by atoms with Crippen molar-refractivity contribution in [3.05, 3.63) is 47.3 Å². The molecule has 0 aliphatic carbocycles. The highest BCUT2D eigenvalue weighted by Crippen LogP contribution is 2.19. The van der Waals surface area contributed by atoms with Gasteiger partial charge in [-0.2, -0.15) is 0 Å². The molecule has 0 aromatic heterocycles. The molecule has 0 fully saturated rings. The van der Waals surface area contributed by atoms with Crippen LogP contribution in [-0.2, 0) is 0 Å². The van der Waals surface area contributed by atoms with Crippen LogP contribution in [0.4, 0.5) is 4.39 Å². The quantitative estimate of drug-likeness (QED) is 0.745. The zero-order valence-electron chi connectivity index (χ0n) is 10.3. The van der Waals surface area contributed by atoms with Crippen molar-refractivity contribution in [2.24, 2.45) is 0 Å². The predicted molar refractivity (Wildman–Crippen MR) is 66.9 cm³/mol. The Balaban J connectivity index is 2.68. The van der Waals surface area contributed by atoms with Crippen molar-refractivity contribution in [3.8, 4) is 0 Å². The first-order chi connectivity index (χ1) is 7.65. The third-order valence-electron chi connectivity index (χ3n) is 2.56. The summed E-state index contributed by atoms with van der Waals surface area (Å²) in [6.07, 6.45) is 3.00. The van der Waals surface area contributed by atoms with Gasteiger partial charge in [-0.15, -0.1) is 0 Å². The van der Waals surface area contributed by atoms with Gasteiger partial charge in [0, 0.05) is 18.2 Å². The van der Waals surface area contributed by atoms with Gasteiger partial charge in [0.1, 0.15) is 5.82 Å². The van der Waals surface area contributed by atoms with Gasteiger partial charge < -0.3 is 5.32 Å². The summed E-state index contributed by atoms with van der Waals surface area (Å²) in [6.45, 7) is 6.97. The van der Waals surface area contributed by atoms with Crippen LogP contribution in [0, 0.1) is 5.82 Å². The lowest BCUT2D eigenvalue weighted by molar-refractivity contribution is 0.509. The van der Waals surface area contributed by atoms with Crippen molar-refractivity contribution in [1.82, 2.24) is 5.32 Å². The van der Waals surface area contributed by atoms with E-state index in [-0.39, 0.29) is 11.9 Å². The number of rotatable bonds is 5. The van der Waals surface area contributed by atoms with Crippen molar-refractivity contribution in [1.29, 1.82) is 0 Å². The minimum absolute atomic E-state index is 0.0943. The molecule has 0 saturated heterocycles. The third kappa shape index (κ3) is 3.78. The molecule has 0 saturated carbocycles. The Morgan fingerprint density at radius 2 is 2.06 bits per heavy atom. The molecular formula is C14H20FN. The first kappa shape index (κ1) is 12.9. The summed E-state index contributed by atoms with van der Waals surface area (Å²) in [4.78, 5) is 0. The van der Waals surface area contributed by atoms with Gasteiger partial charge >= 0.3 is 0 Å². The second kappa shape index (κ2) is 6.44. The Kier molecular flexibility index (Phi) is 5.20. The molecular weight excluding hydrogens is 201 g/mol. The maximum atomic E-state index is 13.6. The molecule has 0 spiro atoms. The van der Waals surface area contributed by atoms with E-state index < -0.39 is 0 Å². The molecule has 2 heteroatoms. The highest BCUT2D eigenvalue weighted by molar-refractivity contribution is 5.21. The van der Waals surface area contributed by atoms with Crippen LogP contribution in [-0.4, -0.2) is 6.54 Å². The van der Waals surface area contributed by atoms with Crippen LogP contribution in [0.25, 0.3) is 0 Å². The minimum Gasteiger partial charge on any atom is -0.306 e. The Bertz CT molecular complexity index is 354. The number of allylic oxidation sites excluding steroid dienone is 1. The van der Waals surface area contributed by atoms with Crippen LogP contribution in [0.2, 0.25) is 0 Å². The van der Waals surface area contributed by atoms with Crippen LogP contribution in [0.3, 0.4) is 0 Å². The number of hydrogen-bond donors (Lipinski definition) is 1. The maximum Gasteiger partial charge on any atom is 0.127 e. The van der Waals surface area contributed by atoms with Gasteiger partial charge in [0.25, 0.3) is 0 Å². The van der Waals surface area contributed by atoms with E-state index in [4.69, 9.17) is 0 Å². The lowest BCUT2D eigenvalue weighted by atomic mass is 10.0. The summed E-state index contributed by atoms with van der Waals surface area (Å²) in [5.74, 6) is -0.126. The average molecular weight is 221 g/mol. The van der Waals surface area contributed by atoms with E-state index >= 15 is 0 Å². The first-order valence-electron chi connectivity index (χ1n) is 5.76. The summed E-state index contributed by atoms with van der Waals surface area (Å²) >= 11 is 0. The van der Waals surface area contributed by atoms with Crippen LogP contribution in [0.15, 0.2) is 35.9 Å². The first-order valence-corrected chi connectivity index (χ1v) is 5.76. The molecule has 0 heterocycles. The van der Waals surface area contributed by atoms with Gasteiger partial charge in [0.05, 0.1) is 0 Å². The predicted octanol–water partition coefficient (Wildman–Crippen LogP) is 3.83. The molecule has 0 radical (unpaired) electrons. The lowest BCUT2D eigenvalue weighted by Crippen LogP contribution is -2.21. The monoisotopic (exact) mass is 221 g/mol. The average Bonchev–Trinajstić information content (AvgIpc) is 2.25. The van der Waals surface area contributed by atoms with E-state index in [1.807, 2.05) is 12.1 Å². The Hall–Kier alpha value is -1.15. The van der Waals surface area contributed by atoms with Crippen molar-refractivity contribution < 1.29 is 4.39 Å². The SMILES string of the molecule is CCC(NCC=C(C)C)c1ccccc1F. The number of hydrogen-bond acceptors (Lipinski definition) is 1. The molecule has 0 aliphatic heterocycles. The second-order valence-corrected chi connectivity index (χ2v) is 4.17. The molecule has 0 amide bonds. The second-order valence-electron chi connectivity index (χ2n) is 4.17. The fourth-order valence-corrected chi connectivity index (χ4v) is 1.64. The summed E-state index contributed by atoms with van der Waals surface area (Å²) in [7, 11) is 0. The molecule has 88 valence electrons. The van der Waals surface area contributed by atoms with Crippen molar-refractivity contribution in [3.63, 3.8) is 0 Å². The summed E-state index contributed by atoms with van der Waals surface area (Å²) in [5.41, 5.74) is 2.03. The van der Waals surface area contributed by atoms with E-state index in [1.54, 1.807) is 6.07 Å². The Labute approximate surface area is 97.4 Å². The van der Waals surface area contributed by atoms with E-state index in [0.29, 0.717) is 0 Å². The van der Waals surface area contributed by atoms with Crippen LogP contribution < -0.4 is 5.32 Å². The Morgan fingerprint density at radius 1 is 1.38 bits per heavy atom. The number of nitrogens with one attached hydrogen (secondary N) is 1. The molecule has 0 aliphatic rings. The molecule has 1 aromatic rings. The van der Waals surface area contributed by atoms with Crippen LogP contribution in [0.5, 0.6) is 0 Å². The molecule has 1 rings (SSSR count). The van der Waals surface area contributed by atoms with Gasteiger partial charge in [0.2, 0.25) is 0 Å². The lowest BCUT2D eigenvalue weighted by Gasteiger charge is -2.17. The van der Waals surface area contributed by atoms with Crippen LogP contribution in [0.1, 0.15) is 38.8 Å². The van der Waals surface area contributed by atoms with E-state index in [2.05, 4.69) is 32.2 Å². The van der Waals surface area contributed by atoms with Gasteiger partial charge in [-0.05, 0) is 26.3 Å². The minimum atomic E-state index is -0.126. The van der Waals surface area contributed by atoms with Crippen molar-refractivity contribution >= 4 is 0 Å². The molecule has 0 bridgehead atoms. The largest absolute Gasteiger partial charge is 0.306 e. The summed E-state index contributed by atoms with van der Waals surface area (Å²) < 4.78 is 13.6. The van der Waals surface area contributed by atoms with Crippen molar-refractivity contribution in [2.45, 2.75) is 33.2 Å². The maximum absolute atomic E-state index is 13.6. The standard InChI is InChI=1S/C14H20FN/c1-4-14(16-10-9-11(2)3)12-7-5-6-8-13(12)15/h5-9,14,16H,4,10H2,1-3H3. The number of benzene rings is 1.